The molecule has 0 amide bonds. The first-order chi connectivity index (χ1) is 5.24. The van der Waals surface area contributed by atoms with E-state index < -0.39 is 0 Å². The van der Waals surface area contributed by atoms with Crippen molar-refractivity contribution < 1.29 is 0 Å². The minimum absolute atomic E-state index is 0.245. The Kier molecular flexibility index (Phi) is 2.89. The molecule has 2 N–H and O–H groups in total. The number of rotatable bonds is 3. The van der Waals surface area contributed by atoms with E-state index in [4.69, 9.17) is 5.73 Å². The van der Waals surface area contributed by atoms with E-state index in [1.165, 1.54) is 30.4 Å². The maximum atomic E-state index is 5.75. The maximum Gasteiger partial charge on any atom is 0.0270 e. The predicted molar refractivity (Wildman–Crippen MR) is 49.3 cm³/mol. The lowest BCUT2D eigenvalue weighted by Crippen LogP contribution is -2.12. The second kappa shape index (κ2) is 3.72. The molecule has 1 heteroatoms. The normalized spacial score (nSPS) is 24.0. The molecule has 0 aromatic rings. The van der Waals surface area contributed by atoms with E-state index in [0.29, 0.717) is 0 Å². The summed E-state index contributed by atoms with van der Waals surface area (Å²) in [5.74, 6) is 0. The molecule has 62 valence electrons. The van der Waals surface area contributed by atoms with Gasteiger partial charge in [-0.2, -0.15) is 0 Å². The van der Waals surface area contributed by atoms with Gasteiger partial charge in [-0.25, -0.2) is 0 Å². The third kappa shape index (κ3) is 2.19. The molecule has 0 aromatic carbocycles. The first kappa shape index (κ1) is 8.54. The SMILES string of the molecule is C=C1C[C@@H](N)C=C1CCCC. The fraction of sp³-hybridized carbons (Fsp3) is 0.600. The molecule has 0 aromatic heterocycles. The van der Waals surface area contributed by atoms with Crippen LogP contribution in [0.3, 0.4) is 0 Å². The first-order valence-electron chi connectivity index (χ1n) is 4.38. The van der Waals surface area contributed by atoms with Gasteiger partial charge in [0.15, 0.2) is 0 Å². The van der Waals surface area contributed by atoms with E-state index in [2.05, 4.69) is 19.6 Å². The summed E-state index contributed by atoms with van der Waals surface area (Å²) in [5, 5.41) is 0. The van der Waals surface area contributed by atoms with Gasteiger partial charge in [0.05, 0.1) is 0 Å². The number of allylic oxidation sites excluding steroid dienone is 1. The van der Waals surface area contributed by atoms with E-state index >= 15 is 0 Å². The van der Waals surface area contributed by atoms with Crippen LogP contribution < -0.4 is 5.73 Å². The summed E-state index contributed by atoms with van der Waals surface area (Å²) in [6.07, 6.45) is 6.82. The quantitative estimate of drug-likeness (QED) is 0.658. The van der Waals surface area contributed by atoms with Crippen molar-refractivity contribution in [3.63, 3.8) is 0 Å². The Morgan fingerprint density at radius 1 is 1.73 bits per heavy atom. The number of hydrogen-bond acceptors (Lipinski definition) is 1. The zero-order chi connectivity index (χ0) is 8.27. The van der Waals surface area contributed by atoms with Gasteiger partial charge in [0, 0.05) is 6.04 Å². The Morgan fingerprint density at radius 2 is 2.45 bits per heavy atom. The highest BCUT2D eigenvalue weighted by Gasteiger charge is 2.14. The van der Waals surface area contributed by atoms with Crippen LogP contribution in [0.2, 0.25) is 0 Å². The molecule has 1 nitrogen and oxygen atoms in total. The molecule has 1 aliphatic rings. The van der Waals surface area contributed by atoms with Crippen molar-refractivity contribution in [1.82, 2.24) is 0 Å². The van der Waals surface area contributed by atoms with Crippen molar-refractivity contribution in [1.29, 1.82) is 0 Å². The summed E-state index contributed by atoms with van der Waals surface area (Å²) in [4.78, 5) is 0. The molecule has 0 fully saturated rings. The lowest BCUT2D eigenvalue weighted by molar-refractivity contribution is 0.793. The van der Waals surface area contributed by atoms with Crippen molar-refractivity contribution in [3.05, 3.63) is 23.8 Å². The van der Waals surface area contributed by atoms with E-state index in [0.717, 1.165) is 6.42 Å². The van der Waals surface area contributed by atoms with Crippen LogP contribution in [0.4, 0.5) is 0 Å². The van der Waals surface area contributed by atoms with E-state index in [-0.39, 0.29) is 6.04 Å². The van der Waals surface area contributed by atoms with Crippen molar-refractivity contribution in [2.75, 3.05) is 0 Å². The van der Waals surface area contributed by atoms with Crippen LogP contribution in [0, 0.1) is 0 Å². The van der Waals surface area contributed by atoms with Crippen LogP contribution in [0.1, 0.15) is 32.6 Å². The summed E-state index contributed by atoms with van der Waals surface area (Å²) in [5.41, 5.74) is 8.41. The van der Waals surface area contributed by atoms with Gasteiger partial charge in [-0.05, 0) is 24.8 Å². The molecule has 1 rings (SSSR count). The molecule has 0 unspecified atom stereocenters. The maximum absolute atomic E-state index is 5.75. The van der Waals surface area contributed by atoms with Crippen molar-refractivity contribution in [2.24, 2.45) is 5.73 Å². The second-order valence-electron chi connectivity index (χ2n) is 3.27. The number of nitrogens with two attached hydrogens (primary N) is 1. The molecule has 0 saturated carbocycles. The third-order valence-corrected chi connectivity index (χ3v) is 2.15. The van der Waals surface area contributed by atoms with Gasteiger partial charge in [-0.3, -0.25) is 0 Å². The molecule has 11 heavy (non-hydrogen) atoms. The fourth-order valence-corrected chi connectivity index (χ4v) is 1.48. The van der Waals surface area contributed by atoms with Gasteiger partial charge >= 0.3 is 0 Å². The average molecular weight is 151 g/mol. The molecule has 0 spiro atoms. The lowest BCUT2D eigenvalue weighted by atomic mass is 10.1. The Balaban J connectivity index is 2.43. The van der Waals surface area contributed by atoms with Gasteiger partial charge in [-0.15, -0.1) is 0 Å². The lowest BCUT2D eigenvalue weighted by Gasteiger charge is -2.00. The third-order valence-electron chi connectivity index (χ3n) is 2.15. The van der Waals surface area contributed by atoms with Gasteiger partial charge in [-0.1, -0.05) is 31.6 Å². The van der Waals surface area contributed by atoms with E-state index in [9.17, 15) is 0 Å². The highest BCUT2D eigenvalue weighted by Crippen LogP contribution is 2.26. The van der Waals surface area contributed by atoms with Gasteiger partial charge in [0.25, 0.3) is 0 Å². The second-order valence-corrected chi connectivity index (χ2v) is 3.27. The molecule has 1 aliphatic carbocycles. The van der Waals surface area contributed by atoms with Crippen LogP contribution in [0.5, 0.6) is 0 Å². The minimum Gasteiger partial charge on any atom is -0.324 e. The highest BCUT2D eigenvalue weighted by atomic mass is 14.6. The van der Waals surface area contributed by atoms with E-state index in [1.54, 1.807) is 0 Å². The van der Waals surface area contributed by atoms with Crippen LogP contribution in [0.25, 0.3) is 0 Å². The zero-order valence-corrected chi connectivity index (χ0v) is 7.27. The number of hydrogen-bond donors (Lipinski definition) is 1. The first-order valence-corrected chi connectivity index (χ1v) is 4.38. The van der Waals surface area contributed by atoms with Gasteiger partial charge in [0.2, 0.25) is 0 Å². The Morgan fingerprint density at radius 3 is 2.91 bits per heavy atom. The standard InChI is InChI=1S/C10H17N/c1-3-4-5-9-7-10(11)6-8(9)2/h7,10H,2-6,11H2,1H3/t10-/m1/s1. The van der Waals surface area contributed by atoms with Crippen LogP contribution in [-0.2, 0) is 0 Å². The average Bonchev–Trinajstić information content (AvgIpc) is 2.26. The molecule has 0 saturated heterocycles. The summed E-state index contributed by atoms with van der Waals surface area (Å²) in [6.45, 7) is 6.20. The molecule has 0 aliphatic heterocycles. The van der Waals surface area contributed by atoms with Crippen LogP contribution >= 0.6 is 0 Å². The zero-order valence-electron chi connectivity index (χ0n) is 7.27. The smallest absolute Gasteiger partial charge is 0.0270 e. The molecular formula is C10H17N. The Hall–Kier alpha value is -0.560. The highest BCUT2D eigenvalue weighted by molar-refractivity contribution is 5.36. The summed E-state index contributed by atoms with van der Waals surface area (Å²) in [6, 6.07) is 0.245. The van der Waals surface area contributed by atoms with Crippen LogP contribution in [-0.4, -0.2) is 6.04 Å². The molecular weight excluding hydrogens is 134 g/mol. The Labute approximate surface area is 69.0 Å². The van der Waals surface area contributed by atoms with Crippen molar-refractivity contribution >= 4 is 0 Å². The van der Waals surface area contributed by atoms with Crippen molar-refractivity contribution in [2.45, 2.75) is 38.6 Å². The van der Waals surface area contributed by atoms with E-state index in [1.807, 2.05) is 0 Å². The molecule has 0 radical (unpaired) electrons. The van der Waals surface area contributed by atoms with Crippen LogP contribution in [0.15, 0.2) is 23.8 Å². The molecule has 0 heterocycles. The molecule has 0 bridgehead atoms. The minimum atomic E-state index is 0.245. The van der Waals surface area contributed by atoms with Crippen molar-refractivity contribution in [3.8, 4) is 0 Å². The topological polar surface area (TPSA) is 26.0 Å². The largest absolute Gasteiger partial charge is 0.324 e. The summed E-state index contributed by atoms with van der Waals surface area (Å²) in [7, 11) is 0. The predicted octanol–water partition coefficient (Wildman–Crippen LogP) is 2.39. The Bertz CT molecular complexity index is 179. The van der Waals surface area contributed by atoms with Gasteiger partial charge < -0.3 is 5.73 Å². The van der Waals surface area contributed by atoms with Gasteiger partial charge in [0.1, 0.15) is 0 Å². The number of unbranched alkanes of at least 4 members (excludes halogenated alkanes) is 1. The summed E-state index contributed by atoms with van der Waals surface area (Å²) < 4.78 is 0. The molecule has 1 atom stereocenters. The summed E-state index contributed by atoms with van der Waals surface area (Å²) >= 11 is 0. The monoisotopic (exact) mass is 151 g/mol. The fourth-order valence-electron chi connectivity index (χ4n) is 1.48.